The maximum absolute atomic E-state index is 12.0. The van der Waals surface area contributed by atoms with Gasteiger partial charge < -0.3 is 20.7 Å². The Kier molecular flexibility index (Phi) is 8.10. The van der Waals surface area contributed by atoms with Crippen LogP contribution in [0.3, 0.4) is 0 Å². The predicted molar refractivity (Wildman–Crippen MR) is 114 cm³/mol. The van der Waals surface area contributed by atoms with Crippen LogP contribution in [0.2, 0.25) is 0 Å². The standard InChI is InChI=1S/C22H25N3O5/c1-14-4-5-15(2)19(12-14)25-21(28)13-30-22(29)11-10-20(27)24-18-8-6-17(7-9-18)23-16(3)26/h4-9,12H,10-11,13H2,1-3H3,(H,23,26)(H,24,27)(H,25,28). The van der Waals surface area contributed by atoms with Crippen LogP contribution >= 0.6 is 0 Å². The fraction of sp³-hybridized carbons (Fsp3) is 0.273. The van der Waals surface area contributed by atoms with Crippen molar-refractivity contribution in [2.45, 2.75) is 33.6 Å². The molecule has 2 rings (SSSR count). The van der Waals surface area contributed by atoms with Crippen molar-refractivity contribution in [3.63, 3.8) is 0 Å². The summed E-state index contributed by atoms with van der Waals surface area (Å²) in [4.78, 5) is 46.7. The average Bonchev–Trinajstić information content (AvgIpc) is 2.69. The zero-order chi connectivity index (χ0) is 22.1. The number of esters is 1. The van der Waals surface area contributed by atoms with Crippen LogP contribution in [0.5, 0.6) is 0 Å². The Balaban J connectivity index is 1.71. The van der Waals surface area contributed by atoms with Crippen molar-refractivity contribution >= 4 is 40.8 Å². The van der Waals surface area contributed by atoms with E-state index in [4.69, 9.17) is 4.74 Å². The highest BCUT2D eigenvalue weighted by Gasteiger charge is 2.12. The lowest BCUT2D eigenvalue weighted by molar-refractivity contribution is -0.147. The number of anilines is 3. The predicted octanol–water partition coefficient (Wildman–Crippen LogP) is 3.16. The Morgan fingerprint density at radius 1 is 0.800 bits per heavy atom. The molecule has 0 bridgehead atoms. The van der Waals surface area contributed by atoms with E-state index in [1.807, 2.05) is 32.0 Å². The number of ether oxygens (including phenoxy) is 1. The molecule has 0 aromatic heterocycles. The maximum Gasteiger partial charge on any atom is 0.306 e. The van der Waals surface area contributed by atoms with Gasteiger partial charge in [0.15, 0.2) is 6.61 Å². The number of carbonyl (C=O) groups excluding carboxylic acids is 4. The van der Waals surface area contributed by atoms with Crippen molar-refractivity contribution in [3.8, 4) is 0 Å². The molecule has 0 fully saturated rings. The van der Waals surface area contributed by atoms with Crippen LogP contribution in [0, 0.1) is 13.8 Å². The van der Waals surface area contributed by atoms with Gasteiger partial charge in [0, 0.05) is 30.4 Å². The molecule has 0 radical (unpaired) electrons. The summed E-state index contributed by atoms with van der Waals surface area (Å²) in [5.74, 6) is -1.63. The van der Waals surface area contributed by atoms with Gasteiger partial charge in [-0.15, -0.1) is 0 Å². The summed E-state index contributed by atoms with van der Waals surface area (Å²) in [6.07, 6.45) is -0.225. The molecule has 30 heavy (non-hydrogen) atoms. The van der Waals surface area contributed by atoms with Crippen LogP contribution < -0.4 is 16.0 Å². The molecule has 0 atom stereocenters. The van der Waals surface area contributed by atoms with E-state index in [0.717, 1.165) is 11.1 Å². The SMILES string of the molecule is CC(=O)Nc1ccc(NC(=O)CCC(=O)OCC(=O)Nc2cc(C)ccc2C)cc1. The summed E-state index contributed by atoms with van der Waals surface area (Å²) in [5, 5.41) is 7.97. The van der Waals surface area contributed by atoms with Gasteiger partial charge in [0.2, 0.25) is 11.8 Å². The molecule has 0 aliphatic rings. The highest BCUT2D eigenvalue weighted by Crippen LogP contribution is 2.16. The second kappa shape index (κ2) is 10.8. The van der Waals surface area contributed by atoms with Gasteiger partial charge >= 0.3 is 5.97 Å². The highest BCUT2D eigenvalue weighted by molar-refractivity contribution is 5.95. The smallest absolute Gasteiger partial charge is 0.306 e. The third-order valence-corrected chi connectivity index (χ3v) is 4.08. The monoisotopic (exact) mass is 411 g/mol. The minimum absolute atomic E-state index is 0.0785. The molecule has 0 saturated heterocycles. The molecule has 158 valence electrons. The number of carbonyl (C=O) groups is 4. The molecule has 2 aromatic rings. The van der Waals surface area contributed by atoms with Gasteiger partial charge in [0.25, 0.3) is 5.91 Å². The normalized spacial score (nSPS) is 10.1. The first-order chi connectivity index (χ1) is 14.2. The van der Waals surface area contributed by atoms with Crippen molar-refractivity contribution in [2.24, 2.45) is 0 Å². The lowest BCUT2D eigenvalue weighted by atomic mass is 10.1. The Morgan fingerprint density at radius 2 is 1.43 bits per heavy atom. The van der Waals surface area contributed by atoms with Crippen LogP contribution in [0.15, 0.2) is 42.5 Å². The first kappa shape index (κ1) is 22.6. The van der Waals surface area contributed by atoms with Crippen molar-refractivity contribution in [2.75, 3.05) is 22.6 Å². The summed E-state index contributed by atoms with van der Waals surface area (Å²) in [6.45, 7) is 4.77. The minimum Gasteiger partial charge on any atom is -0.456 e. The summed E-state index contributed by atoms with van der Waals surface area (Å²) < 4.78 is 4.93. The van der Waals surface area contributed by atoms with Crippen LogP contribution in [0.1, 0.15) is 30.9 Å². The number of hydrogen-bond donors (Lipinski definition) is 3. The molecule has 0 heterocycles. The Morgan fingerprint density at radius 3 is 2.07 bits per heavy atom. The van der Waals surface area contributed by atoms with E-state index in [1.54, 1.807) is 24.3 Å². The van der Waals surface area contributed by atoms with Gasteiger partial charge in [0.1, 0.15) is 0 Å². The fourth-order valence-corrected chi connectivity index (χ4v) is 2.55. The Hall–Kier alpha value is -3.68. The second-order valence-corrected chi connectivity index (χ2v) is 6.83. The number of benzene rings is 2. The second-order valence-electron chi connectivity index (χ2n) is 6.83. The van der Waals surface area contributed by atoms with Crippen LogP contribution in [0.4, 0.5) is 17.1 Å². The molecule has 8 nitrogen and oxygen atoms in total. The van der Waals surface area contributed by atoms with Gasteiger partial charge in [-0.25, -0.2) is 0 Å². The molecule has 3 amide bonds. The zero-order valence-corrected chi connectivity index (χ0v) is 17.2. The molecule has 0 unspecified atom stereocenters. The minimum atomic E-state index is -0.637. The molecule has 8 heteroatoms. The van der Waals surface area contributed by atoms with E-state index in [1.165, 1.54) is 6.92 Å². The van der Waals surface area contributed by atoms with E-state index in [9.17, 15) is 19.2 Å². The highest BCUT2D eigenvalue weighted by atomic mass is 16.5. The van der Waals surface area contributed by atoms with Crippen molar-refractivity contribution in [3.05, 3.63) is 53.6 Å². The van der Waals surface area contributed by atoms with E-state index >= 15 is 0 Å². The maximum atomic E-state index is 12.0. The van der Waals surface area contributed by atoms with Crippen LogP contribution in [-0.4, -0.2) is 30.3 Å². The zero-order valence-electron chi connectivity index (χ0n) is 17.2. The summed E-state index contributed by atoms with van der Waals surface area (Å²) in [6, 6.07) is 12.2. The van der Waals surface area contributed by atoms with Gasteiger partial charge in [-0.3, -0.25) is 19.2 Å². The fourth-order valence-electron chi connectivity index (χ4n) is 2.55. The Labute approximate surface area is 175 Å². The first-order valence-corrected chi connectivity index (χ1v) is 9.43. The van der Waals surface area contributed by atoms with E-state index in [2.05, 4.69) is 16.0 Å². The van der Waals surface area contributed by atoms with Gasteiger partial charge in [-0.2, -0.15) is 0 Å². The molecular formula is C22H25N3O5. The van der Waals surface area contributed by atoms with Gasteiger partial charge in [0.05, 0.1) is 6.42 Å². The number of amides is 3. The summed E-state index contributed by atoms with van der Waals surface area (Å²) in [5.41, 5.74) is 3.73. The third kappa shape index (κ3) is 7.75. The van der Waals surface area contributed by atoms with E-state index < -0.39 is 18.5 Å². The van der Waals surface area contributed by atoms with Crippen molar-refractivity contribution in [1.29, 1.82) is 0 Å². The lowest BCUT2D eigenvalue weighted by Crippen LogP contribution is -2.22. The van der Waals surface area contributed by atoms with Gasteiger partial charge in [-0.05, 0) is 55.3 Å². The molecule has 0 aliphatic carbocycles. The summed E-state index contributed by atoms with van der Waals surface area (Å²) in [7, 11) is 0. The number of aryl methyl sites for hydroxylation is 2. The largest absolute Gasteiger partial charge is 0.456 e. The number of rotatable bonds is 8. The summed E-state index contributed by atoms with van der Waals surface area (Å²) >= 11 is 0. The van der Waals surface area contributed by atoms with E-state index in [-0.39, 0.29) is 24.7 Å². The molecule has 2 aromatic carbocycles. The van der Waals surface area contributed by atoms with Gasteiger partial charge in [-0.1, -0.05) is 12.1 Å². The van der Waals surface area contributed by atoms with E-state index in [0.29, 0.717) is 17.1 Å². The number of hydrogen-bond acceptors (Lipinski definition) is 5. The lowest BCUT2D eigenvalue weighted by Gasteiger charge is -2.10. The molecule has 0 spiro atoms. The molecule has 0 aliphatic heterocycles. The van der Waals surface area contributed by atoms with Crippen molar-refractivity contribution in [1.82, 2.24) is 0 Å². The molecule has 0 saturated carbocycles. The topological polar surface area (TPSA) is 114 Å². The first-order valence-electron chi connectivity index (χ1n) is 9.43. The van der Waals surface area contributed by atoms with Crippen LogP contribution in [0.25, 0.3) is 0 Å². The quantitative estimate of drug-likeness (QED) is 0.578. The van der Waals surface area contributed by atoms with Crippen molar-refractivity contribution < 1.29 is 23.9 Å². The average molecular weight is 411 g/mol. The molecule has 3 N–H and O–H groups in total. The molecular weight excluding hydrogens is 386 g/mol. The van der Waals surface area contributed by atoms with Crippen LogP contribution in [-0.2, 0) is 23.9 Å². The Bertz CT molecular complexity index is 938. The number of nitrogens with one attached hydrogen (secondary N) is 3. The third-order valence-electron chi connectivity index (χ3n) is 4.08.